The van der Waals surface area contributed by atoms with Gasteiger partial charge in [0.2, 0.25) is 0 Å². The van der Waals surface area contributed by atoms with Gasteiger partial charge in [-0.25, -0.2) is 0 Å². The van der Waals surface area contributed by atoms with Gasteiger partial charge in [0, 0.05) is 38.6 Å². The Morgan fingerprint density at radius 2 is 1.29 bits per heavy atom. The molecule has 2 aliphatic rings. The second-order valence-corrected chi connectivity index (χ2v) is 14.6. The number of para-hydroxylation sites is 1. The van der Waals surface area contributed by atoms with Crippen molar-refractivity contribution >= 4 is 27.6 Å². The highest BCUT2D eigenvalue weighted by Crippen LogP contribution is 2.53. The van der Waals surface area contributed by atoms with Crippen LogP contribution in [0.1, 0.15) is 79.8 Å². The zero-order valence-electron chi connectivity index (χ0n) is 28.8. The van der Waals surface area contributed by atoms with Gasteiger partial charge in [-0.05, 0) is 120 Å². The van der Waals surface area contributed by atoms with E-state index in [-0.39, 0.29) is 11.2 Å². The maximum atomic E-state index is 13.8. The first-order valence-electron chi connectivity index (χ1n) is 17.1. The molecule has 48 heavy (non-hydrogen) atoms. The van der Waals surface area contributed by atoms with Gasteiger partial charge in [-0.15, -0.1) is 0 Å². The molecule has 0 spiro atoms. The number of fused-ring (bicyclic) bond motifs is 9. The zero-order valence-corrected chi connectivity index (χ0v) is 28.8. The highest BCUT2D eigenvalue weighted by atomic mass is 16.1. The van der Waals surface area contributed by atoms with Crippen molar-refractivity contribution < 1.29 is 4.79 Å². The number of carbonyl (C=O) groups excluding carboxylic acids is 1. The molecule has 0 bridgehead atoms. The molecule has 0 unspecified atom stereocenters. The second kappa shape index (κ2) is 9.90. The normalized spacial score (nSPS) is 14.3. The van der Waals surface area contributed by atoms with E-state index in [0.717, 1.165) is 45.5 Å². The molecular formula is C46H39NO. The Morgan fingerprint density at radius 3 is 2.08 bits per heavy atom. The topological polar surface area (TPSA) is 22.0 Å². The van der Waals surface area contributed by atoms with Crippen molar-refractivity contribution in [1.82, 2.24) is 4.57 Å². The Hall–Kier alpha value is -5.21. The highest BCUT2D eigenvalue weighted by molar-refractivity contribution is 6.16. The summed E-state index contributed by atoms with van der Waals surface area (Å²) in [6.45, 7) is 15.5. The Balaban J connectivity index is 1.20. The lowest BCUT2D eigenvalue weighted by atomic mass is 9.77. The molecule has 2 aliphatic carbocycles. The minimum absolute atomic E-state index is 0.0661. The third-order valence-corrected chi connectivity index (χ3v) is 11.9. The van der Waals surface area contributed by atoms with Gasteiger partial charge in [0.15, 0.2) is 5.78 Å². The first kappa shape index (κ1) is 29.0. The predicted octanol–water partition coefficient (Wildman–Crippen LogP) is 11.4. The number of ketones is 1. The molecule has 0 fully saturated rings. The van der Waals surface area contributed by atoms with Crippen LogP contribution in [0.5, 0.6) is 0 Å². The van der Waals surface area contributed by atoms with Crippen molar-refractivity contribution in [3.05, 3.63) is 158 Å². The first-order chi connectivity index (χ1) is 23.1. The molecule has 2 nitrogen and oxygen atoms in total. The maximum absolute atomic E-state index is 13.8. The van der Waals surface area contributed by atoms with Crippen LogP contribution in [0.2, 0.25) is 0 Å². The number of hydrogen-bond acceptors (Lipinski definition) is 1. The van der Waals surface area contributed by atoms with E-state index in [1.807, 2.05) is 6.07 Å². The summed E-state index contributed by atoms with van der Waals surface area (Å²) < 4.78 is 2.50. The summed E-state index contributed by atoms with van der Waals surface area (Å²) in [4.78, 5) is 13.8. The monoisotopic (exact) mass is 621 g/mol. The molecule has 0 radical (unpaired) electrons. The van der Waals surface area contributed by atoms with E-state index in [1.54, 1.807) is 0 Å². The van der Waals surface area contributed by atoms with E-state index >= 15 is 0 Å². The number of benzene rings is 6. The van der Waals surface area contributed by atoms with Crippen LogP contribution in [0, 0.1) is 34.6 Å². The molecule has 6 aromatic carbocycles. The van der Waals surface area contributed by atoms with Crippen LogP contribution in [0.15, 0.2) is 97.1 Å². The summed E-state index contributed by atoms with van der Waals surface area (Å²) in [7, 11) is 0. The van der Waals surface area contributed by atoms with E-state index < -0.39 is 0 Å². The molecule has 0 saturated heterocycles. The largest absolute Gasteiger partial charge is 0.308 e. The van der Waals surface area contributed by atoms with E-state index in [4.69, 9.17) is 0 Å². The summed E-state index contributed by atoms with van der Waals surface area (Å²) in [5.41, 5.74) is 21.6. The highest BCUT2D eigenvalue weighted by Gasteiger charge is 2.37. The van der Waals surface area contributed by atoms with Crippen molar-refractivity contribution in [2.45, 2.75) is 60.3 Å². The van der Waals surface area contributed by atoms with Crippen molar-refractivity contribution in [3.63, 3.8) is 0 Å². The molecule has 0 amide bonds. The van der Waals surface area contributed by atoms with Crippen molar-refractivity contribution in [2.75, 3.05) is 0 Å². The number of aryl methyl sites for hydroxylation is 1. The molecule has 9 rings (SSSR count). The third-order valence-electron chi connectivity index (χ3n) is 11.9. The number of nitrogens with zero attached hydrogens (tertiary/aromatic N) is 1. The molecule has 0 N–H and O–H groups in total. The van der Waals surface area contributed by atoms with Gasteiger partial charge in [0.05, 0.1) is 11.0 Å². The maximum Gasteiger partial charge on any atom is 0.193 e. The molecule has 7 aromatic rings. The van der Waals surface area contributed by atoms with Crippen molar-refractivity contribution in [2.24, 2.45) is 0 Å². The Kier molecular flexibility index (Phi) is 5.98. The van der Waals surface area contributed by atoms with Crippen LogP contribution < -0.4 is 0 Å². The predicted molar refractivity (Wildman–Crippen MR) is 200 cm³/mol. The van der Waals surface area contributed by atoms with Crippen molar-refractivity contribution in [1.29, 1.82) is 0 Å². The lowest BCUT2D eigenvalue weighted by molar-refractivity contribution is 0.103. The third kappa shape index (κ3) is 3.72. The molecule has 0 atom stereocenters. The minimum atomic E-state index is -0.0661. The van der Waals surface area contributed by atoms with Crippen LogP contribution in [-0.4, -0.2) is 10.4 Å². The molecule has 0 aliphatic heterocycles. The molecule has 1 heterocycles. The van der Waals surface area contributed by atoms with Gasteiger partial charge < -0.3 is 4.57 Å². The zero-order chi connectivity index (χ0) is 33.2. The SMILES string of the molecule is Cc1c(C)c(C)c2c(c1C)Cc1cc(-c3ccc(-n4c5c(C)cccc5c5ccc6c(c54)-c4ccccc4C6(C)C)cc3)ccc1C2=O. The standard InChI is InChI=1S/C46H39NO/c1-25-11-10-13-35-36-21-22-40-42(37-12-8-9-14-39(37)46(40,6)7)44(36)47(43(25)35)33-18-15-30(16-19-33)31-17-20-34-32(23-31)24-38-28(4)26(2)27(3)29(5)41(38)45(34)48/h8-23H,24H2,1-7H3. The van der Waals surface area contributed by atoms with E-state index in [9.17, 15) is 4.79 Å². The van der Waals surface area contributed by atoms with Crippen LogP contribution >= 0.6 is 0 Å². The Morgan fingerprint density at radius 1 is 0.583 bits per heavy atom. The number of rotatable bonds is 2. The van der Waals surface area contributed by atoms with Gasteiger partial charge in [-0.2, -0.15) is 0 Å². The molecule has 0 saturated carbocycles. The Labute approximate surface area is 282 Å². The summed E-state index contributed by atoms with van der Waals surface area (Å²) in [6, 6.07) is 35.7. The van der Waals surface area contributed by atoms with Gasteiger partial charge in [0.25, 0.3) is 0 Å². The summed E-state index contributed by atoms with van der Waals surface area (Å²) >= 11 is 0. The fraction of sp³-hybridized carbons (Fsp3) is 0.196. The summed E-state index contributed by atoms with van der Waals surface area (Å²) in [5.74, 6) is 0.163. The molecule has 1 aromatic heterocycles. The smallest absolute Gasteiger partial charge is 0.193 e. The van der Waals surface area contributed by atoms with E-state index in [0.29, 0.717) is 0 Å². The van der Waals surface area contributed by atoms with Gasteiger partial charge in [-0.1, -0.05) is 98.8 Å². The van der Waals surface area contributed by atoms with Crippen LogP contribution in [0.4, 0.5) is 0 Å². The molecule has 234 valence electrons. The Bertz CT molecular complexity index is 2560. The first-order valence-corrected chi connectivity index (χ1v) is 17.1. The molecule has 2 heteroatoms. The van der Waals surface area contributed by atoms with Crippen LogP contribution in [0.25, 0.3) is 49.7 Å². The van der Waals surface area contributed by atoms with E-state index in [2.05, 4.69) is 144 Å². The minimum Gasteiger partial charge on any atom is -0.308 e. The number of hydrogen-bond donors (Lipinski definition) is 0. The molecular weight excluding hydrogens is 583 g/mol. The van der Waals surface area contributed by atoms with Gasteiger partial charge in [-0.3, -0.25) is 4.79 Å². The van der Waals surface area contributed by atoms with Crippen LogP contribution in [-0.2, 0) is 11.8 Å². The fourth-order valence-corrected chi connectivity index (χ4v) is 8.96. The summed E-state index contributed by atoms with van der Waals surface area (Å²) in [6.07, 6.45) is 0.791. The average molecular weight is 622 g/mol. The van der Waals surface area contributed by atoms with E-state index in [1.165, 1.54) is 71.9 Å². The van der Waals surface area contributed by atoms with Gasteiger partial charge in [0.1, 0.15) is 0 Å². The fourth-order valence-electron chi connectivity index (χ4n) is 8.96. The lowest BCUT2D eigenvalue weighted by Gasteiger charge is -2.26. The average Bonchev–Trinajstić information content (AvgIpc) is 3.56. The number of carbonyl (C=O) groups is 1. The van der Waals surface area contributed by atoms with Gasteiger partial charge >= 0.3 is 0 Å². The lowest BCUT2D eigenvalue weighted by Crippen LogP contribution is -2.19. The van der Waals surface area contributed by atoms with Crippen LogP contribution in [0.3, 0.4) is 0 Å². The number of aromatic nitrogens is 1. The summed E-state index contributed by atoms with van der Waals surface area (Å²) in [5, 5.41) is 2.58. The second-order valence-electron chi connectivity index (χ2n) is 14.6. The quantitative estimate of drug-likeness (QED) is 0.188. The van der Waals surface area contributed by atoms with Crippen molar-refractivity contribution in [3.8, 4) is 27.9 Å².